The summed E-state index contributed by atoms with van der Waals surface area (Å²) in [5.74, 6) is 0. The number of rotatable bonds is 9. The molecule has 0 spiro atoms. The highest BCUT2D eigenvalue weighted by atomic mass is 28.4. The van der Waals surface area contributed by atoms with Crippen molar-refractivity contribution in [3.63, 3.8) is 0 Å². The zero-order valence-electron chi connectivity index (χ0n) is 16.5. The van der Waals surface area contributed by atoms with Crippen LogP contribution in [0.2, 0.25) is 38.3 Å². The van der Waals surface area contributed by atoms with Crippen molar-refractivity contribution in [2.24, 2.45) is 0 Å². The highest BCUT2D eigenvalue weighted by molar-refractivity contribution is 6.76. The molecule has 0 aliphatic rings. The Hall–Kier alpha value is -0.166. The fourth-order valence-corrected chi connectivity index (χ4v) is 9.93. The Morgan fingerprint density at radius 1 is 0.727 bits per heavy atom. The predicted octanol–water partition coefficient (Wildman–Crippen LogP) is 6.14. The van der Waals surface area contributed by atoms with E-state index in [0.717, 1.165) is 0 Å². The lowest BCUT2D eigenvalue weighted by Gasteiger charge is -2.31. The normalized spacial score (nSPS) is 15.2. The lowest BCUT2D eigenvalue weighted by molar-refractivity contribution is 0.250. The average molecular weight is 343 g/mol. The van der Waals surface area contributed by atoms with Gasteiger partial charge in [0, 0.05) is 0 Å². The number of allylic oxidation sites excluding steroid dienone is 2. The minimum atomic E-state index is -1.63. The van der Waals surface area contributed by atoms with Gasteiger partial charge in [-0.2, -0.15) is 0 Å². The standard InChI is InChI=1S/C18H38O2Si2/c1-15(2)13-17(5)19-21(7,8)11-12-22(9,10)20-18(6)14-16(3)4/h13-14,17-18H,11-12H2,1-10H3. The molecule has 2 unspecified atom stereocenters. The Balaban J connectivity index is 4.49. The smallest absolute Gasteiger partial charge is 0.187 e. The zero-order valence-corrected chi connectivity index (χ0v) is 18.5. The third-order valence-electron chi connectivity index (χ3n) is 3.48. The van der Waals surface area contributed by atoms with Crippen molar-refractivity contribution in [1.29, 1.82) is 0 Å². The first-order valence-electron chi connectivity index (χ1n) is 8.49. The molecule has 0 rings (SSSR count). The Labute approximate surface area is 141 Å². The zero-order chi connectivity index (χ0) is 17.6. The summed E-state index contributed by atoms with van der Waals surface area (Å²) >= 11 is 0. The Morgan fingerprint density at radius 2 is 1.00 bits per heavy atom. The Bertz CT molecular complexity index is 352. The molecule has 2 nitrogen and oxygen atoms in total. The first kappa shape index (κ1) is 21.8. The molecule has 0 saturated heterocycles. The quantitative estimate of drug-likeness (QED) is 0.370. The lowest BCUT2D eigenvalue weighted by Crippen LogP contribution is -2.39. The largest absolute Gasteiger partial charge is 0.411 e. The molecule has 0 aromatic carbocycles. The SMILES string of the molecule is CC(C)=CC(C)O[Si](C)(C)CC[Si](C)(C)OC(C)C=C(C)C. The first-order valence-corrected chi connectivity index (χ1v) is 14.7. The average Bonchev–Trinajstić information content (AvgIpc) is 2.22. The summed E-state index contributed by atoms with van der Waals surface area (Å²) < 4.78 is 12.7. The van der Waals surface area contributed by atoms with E-state index in [1.165, 1.54) is 23.2 Å². The molecular formula is C18H38O2Si2. The van der Waals surface area contributed by atoms with Crippen LogP contribution in [-0.2, 0) is 8.85 Å². The van der Waals surface area contributed by atoms with Crippen molar-refractivity contribution in [1.82, 2.24) is 0 Å². The molecule has 0 saturated carbocycles. The van der Waals surface area contributed by atoms with Gasteiger partial charge in [-0.1, -0.05) is 23.3 Å². The molecule has 130 valence electrons. The van der Waals surface area contributed by atoms with Crippen LogP contribution in [0.4, 0.5) is 0 Å². The number of hydrogen-bond acceptors (Lipinski definition) is 2. The van der Waals surface area contributed by atoms with Crippen LogP contribution in [0.1, 0.15) is 41.5 Å². The molecule has 0 aliphatic heterocycles. The summed E-state index contributed by atoms with van der Waals surface area (Å²) in [5, 5.41) is 0. The molecule has 0 aromatic rings. The molecule has 0 amide bonds. The fraction of sp³-hybridized carbons (Fsp3) is 0.778. The summed E-state index contributed by atoms with van der Waals surface area (Å²) in [6, 6.07) is 2.35. The highest BCUT2D eigenvalue weighted by Crippen LogP contribution is 2.25. The van der Waals surface area contributed by atoms with Crippen LogP contribution in [0.5, 0.6) is 0 Å². The second-order valence-corrected chi connectivity index (χ2v) is 16.7. The predicted molar refractivity (Wildman–Crippen MR) is 105 cm³/mol. The van der Waals surface area contributed by atoms with Gasteiger partial charge in [-0.15, -0.1) is 0 Å². The molecular weight excluding hydrogens is 304 g/mol. The van der Waals surface area contributed by atoms with Crippen LogP contribution in [0, 0.1) is 0 Å². The van der Waals surface area contributed by atoms with Gasteiger partial charge in [0.15, 0.2) is 16.6 Å². The van der Waals surface area contributed by atoms with Crippen molar-refractivity contribution < 1.29 is 8.85 Å². The van der Waals surface area contributed by atoms with Crippen LogP contribution in [0.3, 0.4) is 0 Å². The van der Waals surface area contributed by atoms with Gasteiger partial charge in [-0.05, 0) is 79.8 Å². The molecule has 0 aliphatic carbocycles. The molecule has 0 fully saturated rings. The maximum Gasteiger partial charge on any atom is 0.187 e. The summed E-state index contributed by atoms with van der Waals surface area (Å²) in [4.78, 5) is 0. The van der Waals surface area contributed by atoms with Crippen molar-refractivity contribution in [2.75, 3.05) is 0 Å². The van der Waals surface area contributed by atoms with E-state index >= 15 is 0 Å². The minimum Gasteiger partial charge on any atom is -0.411 e. The van der Waals surface area contributed by atoms with Gasteiger partial charge in [-0.3, -0.25) is 0 Å². The van der Waals surface area contributed by atoms with Crippen molar-refractivity contribution in [3.05, 3.63) is 23.3 Å². The van der Waals surface area contributed by atoms with Crippen LogP contribution >= 0.6 is 0 Å². The van der Waals surface area contributed by atoms with E-state index in [1.54, 1.807) is 0 Å². The summed E-state index contributed by atoms with van der Waals surface area (Å²) in [6.45, 7) is 22.1. The summed E-state index contributed by atoms with van der Waals surface area (Å²) in [7, 11) is -3.26. The molecule has 2 atom stereocenters. The van der Waals surface area contributed by atoms with E-state index in [4.69, 9.17) is 8.85 Å². The third-order valence-corrected chi connectivity index (χ3v) is 8.90. The van der Waals surface area contributed by atoms with E-state index < -0.39 is 16.6 Å². The molecule has 4 heteroatoms. The van der Waals surface area contributed by atoms with E-state index in [-0.39, 0.29) is 12.2 Å². The fourth-order valence-electron chi connectivity index (χ4n) is 2.73. The number of hydrogen-bond donors (Lipinski definition) is 0. The summed E-state index contributed by atoms with van der Waals surface area (Å²) in [6.07, 6.45) is 4.87. The maximum atomic E-state index is 6.33. The molecule has 0 N–H and O–H groups in total. The topological polar surface area (TPSA) is 18.5 Å². The minimum absolute atomic E-state index is 0.224. The van der Waals surface area contributed by atoms with E-state index in [2.05, 4.69) is 79.9 Å². The molecule has 0 aromatic heterocycles. The van der Waals surface area contributed by atoms with Gasteiger partial charge in [-0.25, -0.2) is 0 Å². The van der Waals surface area contributed by atoms with Gasteiger partial charge >= 0.3 is 0 Å². The van der Waals surface area contributed by atoms with Crippen LogP contribution < -0.4 is 0 Å². The van der Waals surface area contributed by atoms with Gasteiger partial charge < -0.3 is 8.85 Å². The van der Waals surface area contributed by atoms with Gasteiger partial charge in [0.05, 0.1) is 12.2 Å². The molecule has 22 heavy (non-hydrogen) atoms. The second-order valence-electron chi connectivity index (χ2n) is 8.15. The molecule has 0 bridgehead atoms. The van der Waals surface area contributed by atoms with Crippen LogP contribution in [0.25, 0.3) is 0 Å². The van der Waals surface area contributed by atoms with Crippen LogP contribution in [-0.4, -0.2) is 28.8 Å². The Kier molecular flexibility index (Phi) is 9.14. The Morgan fingerprint density at radius 3 is 1.23 bits per heavy atom. The molecule has 0 radical (unpaired) electrons. The summed E-state index contributed by atoms with van der Waals surface area (Å²) in [5.41, 5.74) is 2.65. The molecule has 0 heterocycles. The second kappa shape index (κ2) is 9.21. The van der Waals surface area contributed by atoms with Crippen molar-refractivity contribution >= 4 is 16.6 Å². The van der Waals surface area contributed by atoms with E-state index in [1.807, 2.05) is 0 Å². The van der Waals surface area contributed by atoms with Gasteiger partial charge in [0.25, 0.3) is 0 Å². The van der Waals surface area contributed by atoms with Crippen molar-refractivity contribution in [3.8, 4) is 0 Å². The van der Waals surface area contributed by atoms with Crippen molar-refractivity contribution in [2.45, 2.75) is 92.0 Å². The van der Waals surface area contributed by atoms with E-state index in [0.29, 0.717) is 0 Å². The van der Waals surface area contributed by atoms with E-state index in [9.17, 15) is 0 Å². The van der Waals surface area contributed by atoms with Crippen LogP contribution in [0.15, 0.2) is 23.3 Å². The van der Waals surface area contributed by atoms with Gasteiger partial charge in [0.1, 0.15) is 0 Å². The first-order chi connectivity index (χ1) is 9.83. The van der Waals surface area contributed by atoms with Gasteiger partial charge in [0.2, 0.25) is 0 Å². The maximum absolute atomic E-state index is 6.33. The monoisotopic (exact) mass is 342 g/mol. The lowest BCUT2D eigenvalue weighted by atomic mass is 10.2. The highest BCUT2D eigenvalue weighted by Gasteiger charge is 2.31. The third kappa shape index (κ3) is 11.4.